The summed E-state index contributed by atoms with van der Waals surface area (Å²) in [6.07, 6.45) is 0.646. The minimum Gasteiger partial charge on any atom is -0.312 e. The van der Waals surface area contributed by atoms with Crippen LogP contribution in [0, 0.1) is 6.92 Å². The molecular weight excluding hydrogens is 226 g/mol. The van der Waals surface area contributed by atoms with E-state index in [2.05, 4.69) is 5.32 Å². The Labute approximate surface area is 98.5 Å². The Kier molecular flexibility index (Phi) is 3.83. The summed E-state index contributed by atoms with van der Waals surface area (Å²) in [5.41, 5.74) is 0. The largest absolute Gasteiger partial charge is 0.312 e. The van der Waals surface area contributed by atoms with Gasteiger partial charge in [-0.25, -0.2) is 0 Å². The minimum atomic E-state index is 0.285. The highest BCUT2D eigenvalue weighted by Crippen LogP contribution is 2.19. The molecule has 0 aliphatic carbocycles. The molecule has 0 bridgehead atoms. The first-order valence-electron chi connectivity index (χ1n) is 5.16. The first-order chi connectivity index (χ1) is 7.25. The maximum atomic E-state index is 11.9. The molecule has 1 aromatic rings. The lowest BCUT2D eigenvalue weighted by Gasteiger charge is -2.22. The maximum absolute atomic E-state index is 11.9. The van der Waals surface area contributed by atoms with E-state index in [4.69, 9.17) is 0 Å². The van der Waals surface area contributed by atoms with Gasteiger partial charge < -0.3 is 5.32 Å². The van der Waals surface area contributed by atoms with E-state index in [1.807, 2.05) is 30.8 Å². The van der Waals surface area contributed by atoms with Crippen molar-refractivity contribution >= 4 is 28.9 Å². The molecule has 1 aromatic heterocycles. The van der Waals surface area contributed by atoms with Crippen LogP contribution in [0.4, 0.5) is 0 Å². The normalized spacial score (nSPS) is 21.5. The number of thiophene rings is 1. The average Bonchev–Trinajstić information content (AvgIpc) is 2.66. The van der Waals surface area contributed by atoms with Crippen LogP contribution in [0.25, 0.3) is 0 Å². The van der Waals surface area contributed by atoms with Crippen LogP contribution >= 0.6 is 23.1 Å². The van der Waals surface area contributed by atoms with Crippen LogP contribution in [-0.4, -0.2) is 29.9 Å². The summed E-state index contributed by atoms with van der Waals surface area (Å²) < 4.78 is 0. The number of Topliss-reactive ketones (excluding diaryl/α,β-unsaturated/α-hetero) is 1. The number of hydrogen-bond donors (Lipinski definition) is 1. The highest BCUT2D eigenvalue weighted by atomic mass is 32.2. The number of hydrogen-bond acceptors (Lipinski definition) is 4. The second kappa shape index (κ2) is 5.14. The topological polar surface area (TPSA) is 29.1 Å². The molecule has 2 nitrogen and oxygen atoms in total. The second-order valence-corrected chi connectivity index (χ2v) is 6.20. The molecule has 0 amide bonds. The van der Waals surface area contributed by atoms with E-state index in [9.17, 15) is 4.79 Å². The van der Waals surface area contributed by atoms with Gasteiger partial charge in [-0.1, -0.05) is 0 Å². The Morgan fingerprint density at radius 2 is 2.47 bits per heavy atom. The summed E-state index contributed by atoms with van der Waals surface area (Å²) in [5.74, 6) is 2.52. The first-order valence-corrected chi connectivity index (χ1v) is 7.13. The van der Waals surface area contributed by atoms with Crippen LogP contribution in [0.5, 0.6) is 0 Å². The van der Waals surface area contributed by atoms with E-state index in [0.717, 1.165) is 17.2 Å². The SMILES string of the molecule is Cc1ccc(C(=O)CC2CSCCN2)s1. The molecule has 0 radical (unpaired) electrons. The molecule has 1 unspecified atom stereocenters. The molecule has 1 atom stereocenters. The first kappa shape index (κ1) is 11.2. The zero-order chi connectivity index (χ0) is 10.7. The molecule has 2 heterocycles. The molecule has 1 aliphatic rings. The lowest BCUT2D eigenvalue weighted by atomic mass is 10.1. The monoisotopic (exact) mass is 241 g/mol. The lowest BCUT2D eigenvalue weighted by Crippen LogP contribution is -2.38. The van der Waals surface area contributed by atoms with Gasteiger partial charge in [-0.2, -0.15) is 11.8 Å². The van der Waals surface area contributed by atoms with Gasteiger partial charge in [-0.05, 0) is 19.1 Å². The van der Waals surface area contributed by atoms with E-state index in [1.165, 1.54) is 10.6 Å². The van der Waals surface area contributed by atoms with Gasteiger partial charge in [0.1, 0.15) is 0 Å². The van der Waals surface area contributed by atoms with Crippen molar-refractivity contribution in [2.75, 3.05) is 18.1 Å². The predicted molar refractivity (Wildman–Crippen MR) is 67.1 cm³/mol. The highest BCUT2D eigenvalue weighted by Gasteiger charge is 2.18. The van der Waals surface area contributed by atoms with Gasteiger partial charge in [0.05, 0.1) is 4.88 Å². The van der Waals surface area contributed by atoms with Gasteiger partial charge in [0, 0.05) is 35.4 Å². The Balaban J connectivity index is 1.91. The zero-order valence-electron chi connectivity index (χ0n) is 8.79. The molecule has 1 fully saturated rings. The standard InChI is InChI=1S/C11H15NOS2/c1-8-2-3-11(15-8)10(13)6-9-7-14-5-4-12-9/h2-3,9,12H,4-7H2,1H3. The van der Waals surface area contributed by atoms with Gasteiger partial charge in [0.25, 0.3) is 0 Å². The molecule has 1 aliphatic heterocycles. The lowest BCUT2D eigenvalue weighted by molar-refractivity contribution is 0.0976. The van der Waals surface area contributed by atoms with Gasteiger partial charge in [-0.3, -0.25) is 4.79 Å². The van der Waals surface area contributed by atoms with Crippen molar-refractivity contribution in [2.24, 2.45) is 0 Å². The minimum absolute atomic E-state index is 0.285. The van der Waals surface area contributed by atoms with Crippen molar-refractivity contribution in [3.8, 4) is 0 Å². The molecule has 0 aromatic carbocycles. The summed E-state index contributed by atoms with van der Waals surface area (Å²) in [6.45, 7) is 3.07. The van der Waals surface area contributed by atoms with Crippen LogP contribution in [0.3, 0.4) is 0 Å². The fraction of sp³-hybridized carbons (Fsp3) is 0.545. The molecule has 1 saturated heterocycles. The van der Waals surface area contributed by atoms with Gasteiger partial charge in [-0.15, -0.1) is 11.3 Å². The average molecular weight is 241 g/mol. The Hall–Kier alpha value is -0.320. The number of carbonyl (C=O) groups is 1. The fourth-order valence-electron chi connectivity index (χ4n) is 1.66. The molecule has 4 heteroatoms. The number of nitrogens with one attached hydrogen (secondary N) is 1. The van der Waals surface area contributed by atoms with Crippen molar-refractivity contribution in [1.29, 1.82) is 0 Å². The summed E-state index contributed by atoms with van der Waals surface area (Å²) >= 11 is 3.53. The summed E-state index contributed by atoms with van der Waals surface area (Å²) in [5, 5.41) is 3.39. The van der Waals surface area contributed by atoms with Crippen molar-refractivity contribution < 1.29 is 4.79 Å². The van der Waals surface area contributed by atoms with E-state index in [-0.39, 0.29) is 5.78 Å². The second-order valence-electron chi connectivity index (χ2n) is 3.76. The predicted octanol–water partition coefficient (Wildman–Crippen LogP) is 2.33. The quantitative estimate of drug-likeness (QED) is 0.824. The molecule has 15 heavy (non-hydrogen) atoms. The molecule has 0 spiro atoms. The Morgan fingerprint density at radius 3 is 3.07 bits per heavy atom. The van der Waals surface area contributed by atoms with Crippen molar-refractivity contribution in [1.82, 2.24) is 5.32 Å². The van der Waals surface area contributed by atoms with Gasteiger partial charge in [0.2, 0.25) is 0 Å². The fourth-order valence-corrected chi connectivity index (χ4v) is 3.42. The number of carbonyl (C=O) groups excluding carboxylic acids is 1. The smallest absolute Gasteiger partial charge is 0.174 e. The molecule has 2 rings (SSSR count). The van der Waals surface area contributed by atoms with Gasteiger partial charge in [0.15, 0.2) is 5.78 Å². The molecular formula is C11H15NOS2. The van der Waals surface area contributed by atoms with E-state index < -0.39 is 0 Å². The third-order valence-corrected chi connectivity index (χ3v) is 4.62. The van der Waals surface area contributed by atoms with E-state index >= 15 is 0 Å². The van der Waals surface area contributed by atoms with E-state index in [0.29, 0.717) is 12.5 Å². The van der Waals surface area contributed by atoms with Crippen molar-refractivity contribution in [2.45, 2.75) is 19.4 Å². The number of rotatable bonds is 3. The summed E-state index contributed by atoms with van der Waals surface area (Å²) in [6, 6.07) is 4.33. The molecule has 0 saturated carbocycles. The number of ketones is 1. The number of thioether (sulfide) groups is 1. The van der Waals surface area contributed by atoms with Crippen LogP contribution < -0.4 is 5.32 Å². The summed E-state index contributed by atoms with van der Waals surface area (Å²) in [7, 11) is 0. The van der Waals surface area contributed by atoms with Crippen molar-refractivity contribution in [3.63, 3.8) is 0 Å². The maximum Gasteiger partial charge on any atom is 0.174 e. The highest BCUT2D eigenvalue weighted by molar-refractivity contribution is 7.99. The van der Waals surface area contributed by atoms with Gasteiger partial charge >= 0.3 is 0 Å². The van der Waals surface area contributed by atoms with Crippen LogP contribution in [0.2, 0.25) is 0 Å². The van der Waals surface area contributed by atoms with Crippen molar-refractivity contribution in [3.05, 3.63) is 21.9 Å². The Morgan fingerprint density at radius 1 is 1.60 bits per heavy atom. The van der Waals surface area contributed by atoms with Crippen LogP contribution in [0.1, 0.15) is 21.0 Å². The van der Waals surface area contributed by atoms with Crippen LogP contribution in [0.15, 0.2) is 12.1 Å². The van der Waals surface area contributed by atoms with E-state index in [1.54, 1.807) is 11.3 Å². The third kappa shape index (κ3) is 3.06. The molecule has 82 valence electrons. The Bertz CT molecular complexity index is 342. The van der Waals surface area contributed by atoms with Crippen LogP contribution in [-0.2, 0) is 0 Å². The zero-order valence-corrected chi connectivity index (χ0v) is 10.4. The number of aryl methyl sites for hydroxylation is 1. The molecule has 1 N–H and O–H groups in total. The summed E-state index contributed by atoms with van der Waals surface area (Å²) in [4.78, 5) is 14.0. The third-order valence-electron chi connectivity index (χ3n) is 2.45.